The second-order valence-corrected chi connectivity index (χ2v) is 4.99. The highest BCUT2D eigenvalue weighted by Gasteiger charge is 2.11. The molecule has 0 radical (unpaired) electrons. The summed E-state index contributed by atoms with van der Waals surface area (Å²) >= 11 is 2.94. The smallest absolute Gasteiger partial charge is 0.150 e. The van der Waals surface area contributed by atoms with E-state index in [-0.39, 0.29) is 10.2 Å². The number of nitrogens with one attached hydrogen (secondary N) is 1. The highest BCUT2D eigenvalue weighted by Crippen LogP contribution is 2.22. The average molecular weight is 346 g/mol. The van der Waals surface area contributed by atoms with Crippen LogP contribution in [0, 0.1) is 11.6 Å². The van der Waals surface area contributed by atoms with Crippen LogP contribution in [0.4, 0.5) is 8.78 Å². The molecule has 2 rings (SSSR count). The molecule has 20 heavy (non-hydrogen) atoms. The molecule has 7 heteroatoms. The summed E-state index contributed by atoms with van der Waals surface area (Å²) in [5.41, 5.74) is 0.817. The van der Waals surface area contributed by atoms with Crippen molar-refractivity contribution in [3.05, 3.63) is 46.2 Å². The first-order valence-electron chi connectivity index (χ1n) is 6.01. The Bertz CT molecular complexity index is 589. The van der Waals surface area contributed by atoms with Gasteiger partial charge in [-0.3, -0.25) is 0 Å². The quantitative estimate of drug-likeness (QED) is 0.646. The summed E-state index contributed by atoms with van der Waals surface area (Å²) in [6, 6.07) is 3.94. The monoisotopic (exact) mass is 345 g/mol. The molecule has 0 fully saturated rings. The molecule has 2 aromatic rings. The number of hydrogen-bond donors (Lipinski definition) is 1. The van der Waals surface area contributed by atoms with Gasteiger partial charge in [0, 0.05) is 32.5 Å². The molecule has 1 aromatic carbocycles. The zero-order valence-corrected chi connectivity index (χ0v) is 12.5. The Morgan fingerprint density at radius 3 is 2.90 bits per heavy atom. The molecule has 1 N–H and O–H groups in total. The molecule has 1 aromatic heterocycles. The second kappa shape index (κ2) is 6.92. The van der Waals surface area contributed by atoms with Crippen LogP contribution < -0.4 is 5.32 Å². The van der Waals surface area contributed by atoms with E-state index in [1.54, 1.807) is 19.4 Å². The van der Waals surface area contributed by atoms with Gasteiger partial charge in [0.05, 0.1) is 16.8 Å². The SMILES string of the molecule is COCCNCc1ccn(-c2cc(F)c(Br)cc2F)n1. The number of ether oxygens (including phenoxy) is 1. The molecule has 0 amide bonds. The molecule has 4 nitrogen and oxygen atoms in total. The van der Waals surface area contributed by atoms with Crippen molar-refractivity contribution in [2.75, 3.05) is 20.3 Å². The van der Waals surface area contributed by atoms with E-state index in [0.717, 1.165) is 17.8 Å². The molecule has 0 spiro atoms. The third-order valence-corrected chi connectivity index (χ3v) is 3.28. The topological polar surface area (TPSA) is 39.1 Å². The standard InChI is InChI=1S/C13H14BrF2N3O/c1-20-5-3-17-8-9-2-4-19(18-9)13-7-11(15)10(14)6-12(13)16/h2,4,6-7,17H,3,5,8H2,1H3. The first-order chi connectivity index (χ1) is 9.61. The number of halogens is 3. The fourth-order valence-electron chi connectivity index (χ4n) is 1.67. The zero-order valence-electron chi connectivity index (χ0n) is 10.9. The summed E-state index contributed by atoms with van der Waals surface area (Å²) in [6.45, 7) is 1.84. The van der Waals surface area contributed by atoms with Gasteiger partial charge in [-0.1, -0.05) is 0 Å². The molecule has 0 aliphatic rings. The van der Waals surface area contributed by atoms with Gasteiger partial charge < -0.3 is 10.1 Å². The highest BCUT2D eigenvalue weighted by molar-refractivity contribution is 9.10. The maximum Gasteiger partial charge on any atom is 0.150 e. The van der Waals surface area contributed by atoms with Crippen molar-refractivity contribution in [2.24, 2.45) is 0 Å². The summed E-state index contributed by atoms with van der Waals surface area (Å²) < 4.78 is 33.6. The van der Waals surface area contributed by atoms with E-state index >= 15 is 0 Å². The largest absolute Gasteiger partial charge is 0.383 e. The lowest BCUT2D eigenvalue weighted by atomic mass is 10.3. The Hall–Kier alpha value is -1.31. The van der Waals surface area contributed by atoms with Gasteiger partial charge in [0.1, 0.15) is 17.3 Å². The normalized spacial score (nSPS) is 11.0. The maximum absolute atomic E-state index is 13.8. The average Bonchev–Trinajstić information content (AvgIpc) is 2.87. The van der Waals surface area contributed by atoms with E-state index in [1.807, 2.05) is 0 Å². The van der Waals surface area contributed by atoms with Gasteiger partial charge >= 0.3 is 0 Å². The van der Waals surface area contributed by atoms with E-state index in [4.69, 9.17) is 4.74 Å². The first kappa shape index (κ1) is 15.1. The summed E-state index contributed by atoms with van der Waals surface area (Å²) in [4.78, 5) is 0. The van der Waals surface area contributed by atoms with Gasteiger partial charge in [-0.15, -0.1) is 0 Å². The fraction of sp³-hybridized carbons (Fsp3) is 0.308. The predicted molar refractivity (Wildman–Crippen MR) is 74.8 cm³/mol. The Labute approximate surface area is 123 Å². The first-order valence-corrected chi connectivity index (χ1v) is 6.80. The Balaban J connectivity index is 2.10. The van der Waals surface area contributed by atoms with Crippen LogP contribution in [0.3, 0.4) is 0 Å². The molecule has 0 unspecified atom stereocenters. The summed E-state index contributed by atoms with van der Waals surface area (Å²) in [5.74, 6) is -1.07. The Kier molecular flexibility index (Phi) is 5.22. The number of nitrogens with zero attached hydrogens (tertiary/aromatic N) is 2. The Morgan fingerprint density at radius 1 is 1.35 bits per heavy atom. The van der Waals surface area contributed by atoms with Crippen molar-refractivity contribution in [3.8, 4) is 5.69 Å². The van der Waals surface area contributed by atoms with Crippen LogP contribution in [0.1, 0.15) is 5.69 Å². The van der Waals surface area contributed by atoms with Crippen LogP contribution in [0.5, 0.6) is 0 Å². The van der Waals surface area contributed by atoms with Gasteiger partial charge in [-0.2, -0.15) is 5.10 Å². The molecular formula is C13H14BrF2N3O. The van der Waals surface area contributed by atoms with Crippen LogP contribution in [0.15, 0.2) is 28.9 Å². The molecule has 1 heterocycles. The van der Waals surface area contributed by atoms with Crippen molar-refractivity contribution < 1.29 is 13.5 Å². The van der Waals surface area contributed by atoms with Gasteiger partial charge in [0.15, 0.2) is 0 Å². The van der Waals surface area contributed by atoms with E-state index in [2.05, 4.69) is 26.3 Å². The lowest BCUT2D eigenvalue weighted by Crippen LogP contribution is -2.18. The molecule has 0 aliphatic heterocycles. The van der Waals surface area contributed by atoms with Crippen molar-refractivity contribution in [1.82, 2.24) is 15.1 Å². The number of methoxy groups -OCH3 is 1. The highest BCUT2D eigenvalue weighted by atomic mass is 79.9. The second-order valence-electron chi connectivity index (χ2n) is 4.14. The Morgan fingerprint density at radius 2 is 2.15 bits per heavy atom. The minimum Gasteiger partial charge on any atom is -0.383 e. The van der Waals surface area contributed by atoms with Crippen molar-refractivity contribution in [3.63, 3.8) is 0 Å². The lowest BCUT2D eigenvalue weighted by Gasteiger charge is -2.05. The van der Waals surface area contributed by atoms with Crippen molar-refractivity contribution in [2.45, 2.75) is 6.54 Å². The van der Waals surface area contributed by atoms with Crippen LogP contribution in [-0.2, 0) is 11.3 Å². The summed E-state index contributed by atoms with van der Waals surface area (Å²) in [5, 5.41) is 7.33. The number of benzene rings is 1. The van der Waals surface area contributed by atoms with Crippen LogP contribution in [-0.4, -0.2) is 30.0 Å². The fourth-order valence-corrected chi connectivity index (χ4v) is 1.98. The minimum absolute atomic E-state index is 0.0776. The number of aromatic nitrogens is 2. The van der Waals surface area contributed by atoms with Crippen LogP contribution >= 0.6 is 15.9 Å². The molecular weight excluding hydrogens is 332 g/mol. The number of rotatable bonds is 6. The van der Waals surface area contributed by atoms with E-state index in [1.165, 1.54) is 4.68 Å². The molecule has 0 saturated heterocycles. The summed E-state index contributed by atoms with van der Waals surface area (Å²) in [7, 11) is 1.63. The van der Waals surface area contributed by atoms with Gasteiger partial charge in [0.2, 0.25) is 0 Å². The maximum atomic E-state index is 13.8. The van der Waals surface area contributed by atoms with Crippen LogP contribution in [0.2, 0.25) is 0 Å². The van der Waals surface area contributed by atoms with Gasteiger partial charge in [-0.05, 0) is 28.1 Å². The van der Waals surface area contributed by atoms with E-state index < -0.39 is 11.6 Å². The molecule has 0 bridgehead atoms. The van der Waals surface area contributed by atoms with Crippen molar-refractivity contribution >= 4 is 15.9 Å². The third-order valence-electron chi connectivity index (χ3n) is 2.67. The third kappa shape index (κ3) is 3.62. The van der Waals surface area contributed by atoms with Gasteiger partial charge in [0.25, 0.3) is 0 Å². The predicted octanol–water partition coefficient (Wildman–Crippen LogP) is 2.65. The molecule has 108 valence electrons. The minimum atomic E-state index is -0.541. The molecule has 0 atom stereocenters. The number of hydrogen-bond acceptors (Lipinski definition) is 3. The van der Waals surface area contributed by atoms with Gasteiger partial charge in [-0.25, -0.2) is 13.5 Å². The lowest BCUT2D eigenvalue weighted by molar-refractivity contribution is 0.199. The summed E-state index contributed by atoms with van der Waals surface area (Å²) in [6.07, 6.45) is 1.60. The van der Waals surface area contributed by atoms with Crippen LogP contribution in [0.25, 0.3) is 5.69 Å². The zero-order chi connectivity index (χ0) is 14.5. The van der Waals surface area contributed by atoms with Crippen molar-refractivity contribution in [1.29, 1.82) is 0 Å². The van der Waals surface area contributed by atoms with E-state index in [9.17, 15) is 8.78 Å². The van der Waals surface area contributed by atoms with E-state index in [0.29, 0.717) is 19.7 Å². The molecule has 0 saturated carbocycles. The molecule has 0 aliphatic carbocycles.